The molecule has 1 amide bonds. The lowest BCUT2D eigenvalue weighted by atomic mass is 10.1. The molecule has 0 aliphatic rings. The molecule has 19 heavy (non-hydrogen) atoms. The third-order valence-electron chi connectivity index (χ3n) is 3.33. The maximum Gasteiger partial charge on any atom is 0.255 e. The van der Waals surface area contributed by atoms with Crippen LogP contribution in [-0.2, 0) is 7.05 Å². The predicted octanol–water partition coefficient (Wildman–Crippen LogP) is 3.52. The zero-order chi connectivity index (χ0) is 14.7. The van der Waals surface area contributed by atoms with Gasteiger partial charge in [-0.15, -0.1) is 0 Å². The van der Waals surface area contributed by atoms with Crippen LogP contribution in [0.15, 0.2) is 18.2 Å². The highest BCUT2D eigenvalue weighted by Gasteiger charge is 2.20. The molecule has 1 heterocycles. The van der Waals surface area contributed by atoms with E-state index in [2.05, 4.69) is 17.6 Å². The molecular formula is C16H24N2O. The van der Waals surface area contributed by atoms with Gasteiger partial charge in [0.05, 0.1) is 11.1 Å². The summed E-state index contributed by atoms with van der Waals surface area (Å²) in [5, 5.41) is 1.05. The molecule has 2 aromatic rings. The predicted molar refractivity (Wildman–Crippen MR) is 81.8 cm³/mol. The number of rotatable bonds is 1. The van der Waals surface area contributed by atoms with Crippen LogP contribution in [-0.4, -0.2) is 29.5 Å². The van der Waals surface area contributed by atoms with Gasteiger partial charge in [0.1, 0.15) is 0 Å². The van der Waals surface area contributed by atoms with Crippen molar-refractivity contribution in [3.8, 4) is 0 Å². The van der Waals surface area contributed by atoms with E-state index < -0.39 is 0 Å². The number of aryl methyl sites for hydroxylation is 2. The number of amides is 1. The van der Waals surface area contributed by atoms with Gasteiger partial charge in [0, 0.05) is 32.2 Å². The van der Waals surface area contributed by atoms with Crippen LogP contribution in [0.3, 0.4) is 0 Å². The molecule has 3 heteroatoms. The number of hydrogen-bond donors (Lipinski definition) is 0. The lowest BCUT2D eigenvalue weighted by Gasteiger charge is -2.10. The Labute approximate surface area is 115 Å². The fourth-order valence-electron chi connectivity index (χ4n) is 2.33. The molecule has 0 fully saturated rings. The Morgan fingerprint density at radius 1 is 1.16 bits per heavy atom. The minimum absolute atomic E-state index is 0.0682. The average Bonchev–Trinajstić information content (AvgIpc) is 2.65. The van der Waals surface area contributed by atoms with Gasteiger partial charge in [0.25, 0.3) is 5.91 Å². The van der Waals surface area contributed by atoms with Crippen molar-refractivity contribution in [2.75, 3.05) is 14.1 Å². The molecule has 1 aromatic heterocycles. The van der Waals surface area contributed by atoms with Crippen molar-refractivity contribution in [2.24, 2.45) is 7.05 Å². The Hall–Kier alpha value is -1.77. The molecule has 0 aliphatic carbocycles. The highest BCUT2D eigenvalue weighted by atomic mass is 16.2. The summed E-state index contributed by atoms with van der Waals surface area (Å²) in [6.07, 6.45) is 0. The van der Waals surface area contributed by atoms with Crippen LogP contribution in [0.1, 0.15) is 35.5 Å². The van der Waals surface area contributed by atoms with Crippen LogP contribution < -0.4 is 0 Å². The van der Waals surface area contributed by atoms with E-state index in [1.807, 2.05) is 40.0 Å². The van der Waals surface area contributed by atoms with E-state index in [-0.39, 0.29) is 5.91 Å². The summed E-state index contributed by atoms with van der Waals surface area (Å²) in [5.41, 5.74) is 4.19. The quantitative estimate of drug-likeness (QED) is 0.770. The van der Waals surface area contributed by atoms with Crippen molar-refractivity contribution in [1.29, 1.82) is 0 Å². The molecule has 0 atom stereocenters. The zero-order valence-corrected chi connectivity index (χ0v) is 13.0. The largest absolute Gasteiger partial charge is 0.347 e. The lowest BCUT2D eigenvalue weighted by molar-refractivity contribution is 0.0828. The molecule has 0 spiro atoms. The first-order valence-corrected chi connectivity index (χ1v) is 6.71. The summed E-state index contributed by atoms with van der Waals surface area (Å²) in [4.78, 5) is 13.8. The summed E-state index contributed by atoms with van der Waals surface area (Å²) in [6.45, 7) is 8.07. The van der Waals surface area contributed by atoms with E-state index >= 15 is 0 Å². The molecule has 0 radical (unpaired) electrons. The second-order valence-corrected chi connectivity index (χ2v) is 4.69. The summed E-state index contributed by atoms with van der Waals surface area (Å²) in [5.74, 6) is 0.0682. The fraction of sp³-hybridized carbons (Fsp3) is 0.438. The number of aromatic nitrogens is 1. The Balaban J connectivity index is 0.000000861. The number of carbonyl (C=O) groups is 1. The molecule has 1 aromatic carbocycles. The summed E-state index contributed by atoms with van der Waals surface area (Å²) in [7, 11) is 5.59. The Morgan fingerprint density at radius 2 is 1.74 bits per heavy atom. The second kappa shape index (κ2) is 5.91. The molecule has 0 bridgehead atoms. The number of para-hydroxylation sites is 1. The molecule has 0 saturated carbocycles. The van der Waals surface area contributed by atoms with Gasteiger partial charge in [0.15, 0.2) is 0 Å². The number of nitrogens with zero attached hydrogens (tertiary/aromatic N) is 2. The van der Waals surface area contributed by atoms with E-state index in [1.165, 1.54) is 5.56 Å². The first kappa shape index (κ1) is 15.3. The Kier molecular flexibility index (Phi) is 4.76. The monoisotopic (exact) mass is 260 g/mol. The van der Waals surface area contributed by atoms with Gasteiger partial charge in [0.2, 0.25) is 0 Å². The third-order valence-corrected chi connectivity index (χ3v) is 3.33. The maximum absolute atomic E-state index is 12.2. The van der Waals surface area contributed by atoms with Crippen LogP contribution in [0, 0.1) is 13.8 Å². The Morgan fingerprint density at radius 3 is 2.26 bits per heavy atom. The minimum atomic E-state index is 0.0682. The normalized spacial score (nSPS) is 10.1. The second-order valence-electron chi connectivity index (χ2n) is 4.69. The van der Waals surface area contributed by atoms with Gasteiger partial charge in [-0.05, 0) is 19.4 Å². The van der Waals surface area contributed by atoms with E-state index in [9.17, 15) is 4.79 Å². The Bertz CT molecular complexity index is 594. The van der Waals surface area contributed by atoms with E-state index in [4.69, 9.17) is 0 Å². The van der Waals surface area contributed by atoms with E-state index in [1.54, 1.807) is 19.0 Å². The highest BCUT2D eigenvalue weighted by Crippen LogP contribution is 2.27. The number of fused-ring (bicyclic) bond motifs is 1. The first-order chi connectivity index (χ1) is 8.95. The first-order valence-electron chi connectivity index (χ1n) is 6.71. The van der Waals surface area contributed by atoms with Crippen LogP contribution in [0.2, 0.25) is 0 Å². The highest BCUT2D eigenvalue weighted by molar-refractivity contribution is 6.08. The van der Waals surface area contributed by atoms with Crippen molar-refractivity contribution >= 4 is 16.8 Å². The number of hydrogen-bond acceptors (Lipinski definition) is 1. The lowest BCUT2D eigenvalue weighted by Crippen LogP contribution is -2.22. The average molecular weight is 260 g/mol. The van der Waals surface area contributed by atoms with Crippen molar-refractivity contribution < 1.29 is 4.79 Å². The molecular weight excluding hydrogens is 236 g/mol. The SMILES string of the molecule is CC.Cc1cccc2c(C(=O)N(C)C)c(C)n(C)c12. The van der Waals surface area contributed by atoms with E-state index in [0.717, 1.165) is 22.2 Å². The smallest absolute Gasteiger partial charge is 0.255 e. The van der Waals surface area contributed by atoms with Gasteiger partial charge in [-0.2, -0.15) is 0 Å². The van der Waals surface area contributed by atoms with Crippen LogP contribution >= 0.6 is 0 Å². The van der Waals surface area contributed by atoms with Gasteiger partial charge in [-0.3, -0.25) is 4.79 Å². The number of benzene rings is 1. The van der Waals surface area contributed by atoms with E-state index in [0.29, 0.717) is 0 Å². The molecule has 0 saturated heterocycles. The fourth-order valence-corrected chi connectivity index (χ4v) is 2.33. The van der Waals surface area contributed by atoms with Crippen molar-refractivity contribution in [1.82, 2.24) is 9.47 Å². The van der Waals surface area contributed by atoms with Gasteiger partial charge in [-0.25, -0.2) is 0 Å². The van der Waals surface area contributed by atoms with Crippen molar-refractivity contribution in [3.05, 3.63) is 35.0 Å². The van der Waals surface area contributed by atoms with Crippen molar-refractivity contribution in [2.45, 2.75) is 27.7 Å². The summed E-state index contributed by atoms with van der Waals surface area (Å²) >= 11 is 0. The van der Waals surface area contributed by atoms with Crippen LogP contribution in [0.4, 0.5) is 0 Å². The molecule has 2 rings (SSSR count). The van der Waals surface area contributed by atoms with Crippen molar-refractivity contribution in [3.63, 3.8) is 0 Å². The molecule has 104 valence electrons. The number of carbonyl (C=O) groups excluding carboxylic acids is 1. The molecule has 0 unspecified atom stereocenters. The van der Waals surface area contributed by atoms with Gasteiger partial charge < -0.3 is 9.47 Å². The maximum atomic E-state index is 12.2. The third kappa shape index (κ3) is 2.50. The van der Waals surface area contributed by atoms with Gasteiger partial charge >= 0.3 is 0 Å². The molecule has 0 aliphatic heterocycles. The zero-order valence-electron chi connectivity index (χ0n) is 13.0. The summed E-state index contributed by atoms with van der Waals surface area (Å²) in [6, 6.07) is 6.10. The minimum Gasteiger partial charge on any atom is -0.347 e. The summed E-state index contributed by atoms with van der Waals surface area (Å²) < 4.78 is 2.10. The molecule has 3 nitrogen and oxygen atoms in total. The van der Waals surface area contributed by atoms with Gasteiger partial charge in [-0.1, -0.05) is 32.0 Å². The molecule has 0 N–H and O–H groups in total. The standard InChI is InChI=1S/C14H18N2O.C2H6/c1-9-7-6-8-11-12(14(17)15(3)4)10(2)16(5)13(9)11;1-2/h6-8H,1-5H3;1-2H3. The topological polar surface area (TPSA) is 25.2 Å². The van der Waals surface area contributed by atoms with Crippen LogP contribution in [0.25, 0.3) is 10.9 Å². The van der Waals surface area contributed by atoms with Crippen LogP contribution in [0.5, 0.6) is 0 Å².